The SMILES string of the molecule is CC1OC(C)C(C(=O)N(CCCl)CC(F)(F)F)C1C. The van der Waals surface area contributed by atoms with Crippen molar-refractivity contribution < 1.29 is 22.7 Å². The van der Waals surface area contributed by atoms with Crippen LogP contribution < -0.4 is 0 Å². The molecule has 112 valence electrons. The van der Waals surface area contributed by atoms with Gasteiger partial charge in [-0.05, 0) is 19.8 Å². The van der Waals surface area contributed by atoms with E-state index in [1.807, 2.05) is 13.8 Å². The van der Waals surface area contributed by atoms with Crippen LogP contribution in [0.1, 0.15) is 20.8 Å². The molecule has 0 N–H and O–H groups in total. The number of halogens is 4. The number of alkyl halides is 4. The van der Waals surface area contributed by atoms with Gasteiger partial charge in [-0.3, -0.25) is 4.79 Å². The van der Waals surface area contributed by atoms with Crippen molar-refractivity contribution in [3.63, 3.8) is 0 Å². The highest BCUT2D eigenvalue weighted by Crippen LogP contribution is 2.34. The van der Waals surface area contributed by atoms with Gasteiger partial charge in [-0.25, -0.2) is 0 Å². The Morgan fingerprint density at radius 1 is 1.26 bits per heavy atom. The van der Waals surface area contributed by atoms with Crippen molar-refractivity contribution >= 4 is 17.5 Å². The van der Waals surface area contributed by atoms with Crippen molar-refractivity contribution in [2.24, 2.45) is 11.8 Å². The molecule has 0 spiro atoms. The van der Waals surface area contributed by atoms with Crippen LogP contribution in [0.3, 0.4) is 0 Å². The second kappa shape index (κ2) is 6.31. The molecule has 1 rings (SSSR count). The molecule has 7 heteroatoms. The van der Waals surface area contributed by atoms with E-state index in [2.05, 4.69) is 0 Å². The van der Waals surface area contributed by atoms with Crippen molar-refractivity contribution in [2.75, 3.05) is 19.0 Å². The molecule has 1 heterocycles. The van der Waals surface area contributed by atoms with Crippen LogP contribution in [-0.2, 0) is 9.53 Å². The van der Waals surface area contributed by atoms with Crippen LogP contribution in [0.4, 0.5) is 13.2 Å². The van der Waals surface area contributed by atoms with E-state index in [4.69, 9.17) is 16.3 Å². The van der Waals surface area contributed by atoms with Gasteiger partial charge in [0.1, 0.15) is 6.54 Å². The van der Waals surface area contributed by atoms with Crippen molar-refractivity contribution in [2.45, 2.75) is 39.2 Å². The Morgan fingerprint density at radius 3 is 2.21 bits per heavy atom. The first-order valence-electron chi connectivity index (χ1n) is 6.24. The summed E-state index contributed by atoms with van der Waals surface area (Å²) in [7, 11) is 0. The molecule has 1 aliphatic heterocycles. The van der Waals surface area contributed by atoms with E-state index < -0.39 is 24.5 Å². The standard InChI is InChI=1S/C12H19ClF3NO2/c1-7-8(2)19-9(3)10(7)11(18)17(5-4-13)6-12(14,15)16/h7-10H,4-6H2,1-3H3. The maximum atomic E-state index is 12.5. The Labute approximate surface area is 116 Å². The predicted octanol–water partition coefficient (Wildman–Crippen LogP) is 2.68. The zero-order chi connectivity index (χ0) is 14.8. The molecule has 0 radical (unpaired) electrons. The Hall–Kier alpha value is -0.490. The molecule has 1 fully saturated rings. The summed E-state index contributed by atoms with van der Waals surface area (Å²) >= 11 is 5.48. The second-order valence-corrected chi connectivity index (χ2v) is 5.37. The van der Waals surface area contributed by atoms with Gasteiger partial charge < -0.3 is 9.64 Å². The number of amides is 1. The quantitative estimate of drug-likeness (QED) is 0.747. The summed E-state index contributed by atoms with van der Waals surface area (Å²) in [6.45, 7) is 4.00. The van der Waals surface area contributed by atoms with Crippen LogP contribution in [0.2, 0.25) is 0 Å². The van der Waals surface area contributed by atoms with E-state index in [0.29, 0.717) is 0 Å². The zero-order valence-electron chi connectivity index (χ0n) is 11.2. The largest absolute Gasteiger partial charge is 0.406 e. The second-order valence-electron chi connectivity index (χ2n) is 5.00. The van der Waals surface area contributed by atoms with E-state index in [1.54, 1.807) is 6.92 Å². The van der Waals surface area contributed by atoms with E-state index in [9.17, 15) is 18.0 Å². The fourth-order valence-electron chi connectivity index (χ4n) is 2.49. The lowest BCUT2D eigenvalue weighted by Gasteiger charge is -2.28. The topological polar surface area (TPSA) is 29.5 Å². The maximum Gasteiger partial charge on any atom is 0.406 e. The van der Waals surface area contributed by atoms with Gasteiger partial charge in [0.25, 0.3) is 0 Å². The normalized spacial score (nSPS) is 31.5. The van der Waals surface area contributed by atoms with E-state index in [0.717, 1.165) is 4.90 Å². The summed E-state index contributed by atoms with van der Waals surface area (Å²) in [5.74, 6) is -1.19. The Bertz CT molecular complexity index is 325. The number of carbonyl (C=O) groups excluding carboxylic acids is 1. The Balaban J connectivity index is 2.81. The molecule has 0 aromatic heterocycles. The fraction of sp³-hybridized carbons (Fsp3) is 0.917. The first kappa shape index (κ1) is 16.6. The number of ether oxygens (including phenoxy) is 1. The summed E-state index contributed by atoms with van der Waals surface area (Å²) in [5.41, 5.74) is 0. The minimum absolute atomic E-state index is 0.0201. The first-order valence-corrected chi connectivity index (χ1v) is 6.77. The average molecular weight is 302 g/mol. The van der Waals surface area contributed by atoms with Gasteiger partial charge in [0.2, 0.25) is 5.91 Å². The van der Waals surface area contributed by atoms with Crippen LogP contribution in [0, 0.1) is 11.8 Å². The van der Waals surface area contributed by atoms with Crippen LogP contribution >= 0.6 is 11.6 Å². The van der Waals surface area contributed by atoms with Gasteiger partial charge in [0.15, 0.2) is 0 Å². The van der Waals surface area contributed by atoms with Crippen LogP contribution in [0.25, 0.3) is 0 Å². The molecule has 1 saturated heterocycles. The summed E-state index contributed by atoms with van der Waals surface area (Å²) in [6.07, 6.45) is -4.92. The van der Waals surface area contributed by atoms with Gasteiger partial charge in [0.05, 0.1) is 18.1 Å². The summed E-state index contributed by atoms with van der Waals surface area (Å²) < 4.78 is 42.9. The fourth-order valence-corrected chi connectivity index (χ4v) is 2.69. The minimum Gasteiger partial charge on any atom is -0.374 e. The number of hydrogen-bond acceptors (Lipinski definition) is 2. The van der Waals surface area contributed by atoms with Crippen molar-refractivity contribution in [1.29, 1.82) is 0 Å². The van der Waals surface area contributed by atoms with Gasteiger partial charge in [-0.1, -0.05) is 6.92 Å². The molecule has 0 aliphatic carbocycles. The van der Waals surface area contributed by atoms with Crippen molar-refractivity contribution in [3.05, 3.63) is 0 Å². The third kappa shape index (κ3) is 4.24. The van der Waals surface area contributed by atoms with Crippen LogP contribution in [0.5, 0.6) is 0 Å². The highest BCUT2D eigenvalue weighted by atomic mass is 35.5. The molecule has 0 saturated carbocycles. The van der Waals surface area contributed by atoms with Gasteiger partial charge >= 0.3 is 6.18 Å². The summed E-state index contributed by atoms with van der Waals surface area (Å²) in [5, 5.41) is 0. The van der Waals surface area contributed by atoms with E-state index in [-0.39, 0.29) is 30.6 Å². The smallest absolute Gasteiger partial charge is 0.374 e. The van der Waals surface area contributed by atoms with Crippen LogP contribution in [0.15, 0.2) is 0 Å². The lowest BCUT2D eigenvalue weighted by Crippen LogP contribution is -2.46. The average Bonchev–Trinajstić information content (AvgIpc) is 2.50. The third-order valence-electron chi connectivity index (χ3n) is 3.56. The monoisotopic (exact) mass is 301 g/mol. The molecule has 0 aromatic rings. The first-order chi connectivity index (χ1) is 8.67. The third-order valence-corrected chi connectivity index (χ3v) is 3.73. The van der Waals surface area contributed by atoms with Gasteiger partial charge in [-0.2, -0.15) is 13.2 Å². The summed E-state index contributed by atoms with van der Waals surface area (Å²) in [4.78, 5) is 13.1. The van der Waals surface area contributed by atoms with Crippen molar-refractivity contribution in [3.8, 4) is 0 Å². The highest BCUT2D eigenvalue weighted by Gasteiger charge is 2.45. The van der Waals surface area contributed by atoms with Crippen LogP contribution in [-0.4, -0.2) is 48.2 Å². The summed E-state index contributed by atoms with van der Waals surface area (Å²) in [6, 6.07) is 0. The van der Waals surface area contributed by atoms with E-state index >= 15 is 0 Å². The number of rotatable bonds is 4. The highest BCUT2D eigenvalue weighted by molar-refractivity contribution is 6.18. The zero-order valence-corrected chi connectivity index (χ0v) is 12.0. The van der Waals surface area contributed by atoms with Gasteiger partial charge in [-0.15, -0.1) is 11.6 Å². The van der Waals surface area contributed by atoms with Crippen molar-refractivity contribution in [1.82, 2.24) is 4.90 Å². The number of carbonyl (C=O) groups is 1. The Kier molecular flexibility index (Phi) is 5.50. The molecule has 1 aliphatic rings. The number of hydrogen-bond donors (Lipinski definition) is 0. The molecule has 4 unspecified atom stereocenters. The van der Waals surface area contributed by atoms with Gasteiger partial charge in [0, 0.05) is 12.4 Å². The molecule has 1 amide bonds. The molecule has 0 bridgehead atoms. The minimum atomic E-state index is -4.42. The molecule has 0 aromatic carbocycles. The van der Waals surface area contributed by atoms with E-state index in [1.165, 1.54) is 0 Å². The number of nitrogens with zero attached hydrogens (tertiary/aromatic N) is 1. The molecule has 3 nitrogen and oxygen atoms in total. The Morgan fingerprint density at radius 2 is 1.84 bits per heavy atom. The molecular weight excluding hydrogens is 283 g/mol. The lowest BCUT2D eigenvalue weighted by molar-refractivity contribution is -0.164. The predicted molar refractivity (Wildman–Crippen MR) is 66.0 cm³/mol. The lowest BCUT2D eigenvalue weighted by atomic mass is 9.88. The maximum absolute atomic E-state index is 12.5. The molecule has 19 heavy (non-hydrogen) atoms. The molecule has 4 atom stereocenters. The molecular formula is C12H19ClF3NO2.